The van der Waals surface area contributed by atoms with Gasteiger partial charge in [-0.25, -0.2) is 0 Å². The molecule has 2 N–H and O–H groups in total. The van der Waals surface area contributed by atoms with Crippen molar-refractivity contribution in [3.63, 3.8) is 0 Å². The summed E-state index contributed by atoms with van der Waals surface area (Å²) >= 11 is 0. The number of hydrogen-bond donors (Lipinski definition) is 1. The maximum atomic E-state index is 10.8. The van der Waals surface area contributed by atoms with Crippen LogP contribution in [-0.2, 0) is 6.42 Å². The quantitative estimate of drug-likeness (QED) is 0.255. The van der Waals surface area contributed by atoms with E-state index in [0.29, 0.717) is 0 Å². The van der Waals surface area contributed by atoms with Crippen molar-refractivity contribution in [1.29, 1.82) is 0 Å². The van der Waals surface area contributed by atoms with Gasteiger partial charge in [0.1, 0.15) is 0 Å². The first-order valence-electron chi connectivity index (χ1n) is 8.81. The summed E-state index contributed by atoms with van der Waals surface area (Å²) in [5.74, 6) is 0.132. The molecule has 1 aromatic rings. The monoisotopic (exact) mass is 573 g/mol. The molecule has 144 valence electrons. The minimum atomic E-state index is 0. The molecule has 0 spiro atoms. The van der Waals surface area contributed by atoms with Gasteiger partial charge in [-0.3, -0.25) is 4.79 Å². The molecule has 0 aromatic heterocycles. The zero-order valence-corrected chi connectivity index (χ0v) is 21.7. The molecular formula is C22H41NOU. The van der Waals surface area contributed by atoms with Crippen LogP contribution in [0.25, 0.3) is 0 Å². The smallest absolute Gasteiger partial charge is 0.344 e. The average molecular weight is 574 g/mol. The first-order valence-corrected chi connectivity index (χ1v) is 8.81. The van der Waals surface area contributed by atoms with E-state index in [2.05, 4.69) is 40.0 Å². The first-order chi connectivity index (χ1) is 11.5. The minimum Gasteiger partial charge on any atom is -0.344 e. The maximum absolute atomic E-state index is 10.8. The summed E-state index contributed by atoms with van der Waals surface area (Å²) in [6.07, 6.45) is 7.43. The van der Waals surface area contributed by atoms with Gasteiger partial charge in [0.15, 0.2) is 5.78 Å². The van der Waals surface area contributed by atoms with Crippen LogP contribution in [0.1, 0.15) is 76.2 Å². The number of nitrogens with two attached hydrogens (primary N) is 1. The molecule has 0 saturated carbocycles. The van der Waals surface area contributed by atoms with Crippen molar-refractivity contribution in [2.24, 2.45) is 5.73 Å². The van der Waals surface area contributed by atoms with E-state index in [4.69, 9.17) is 0 Å². The standard InChI is InChI=1S/C10H12O.C5H11.C3H7.C3H6.CH5N.U/c1-3-9-4-6-10(7-5-9)8(2)11;1-3-5-4-2;2*1-3-2;1-2;/h4-7H,3H2,1-2H3;1,3-5H2,2H3;1,3H2,2H3;3H,1H2,2H3;2H2,1H3;/q;2*-1;;;+2. The third-order valence-corrected chi connectivity index (χ3v) is 2.37. The number of hydrogen-bond acceptors (Lipinski definition) is 2. The Morgan fingerprint density at radius 1 is 1.12 bits per heavy atom. The SMILES string of the molecule is C=CC.CCc1ccc(C(C)=O)cc1.CN.[CH2-]CC.[CH2-]CCCC.[U+2]. The average Bonchev–Trinajstić information content (AvgIpc) is 2.59. The summed E-state index contributed by atoms with van der Waals surface area (Å²) in [5.41, 5.74) is 6.57. The molecule has 0 unspecified atom stereocenters. The van der Waals surface area contributed by atoms with Crippen molar-refractivity contribution >= 4 is 5.78 Å². The molecule has 0 heterocycles. The van der Waals surface area contributed by atoms with E-state index in [1.807, 2.05) is 38.1 Å². The number of aryl methyl sites for hydroxylation is 1. The molecule has 0 aliphatic rings. The molecule has 0 radical (unpaired) electrons. The van der Waals surface area contributed by atoms with Gasteiger partial charge in [0.2, 0.25) is 0 Å². The summed E-state index contributed by atoms with van der Waals surface area (Å²) in [6, 6.07) is 7.75. The van der Waals surface area contributed by atoms with Crippen molar-refractivity contribution in [2.45, 2.75) is 66.7 Å². The number of unbranched alkanes of at least 4 members (excludes halogenated alkanes) is 2. The third kappa shape index (κ3) is 35.6. The molecule has 3 heteroatoms. The van der Waals surface area contributed by atoms with Gasteiger partial charge in [0.05, 0.1) is 0 Å². The van der Waals surface area contributed by atoms with Gasteiger partial charge < -0.3 is 19.6 Å². The van der Waals surface area contributed by atoms with Crippen molar-refractivity contribution in [1.82, 2.24) is 0 Å². The number of benzene rings is 1. The fourth-order valence-corrected chi connectivity index (χ4v) is 1.23. The molecule has 0 aliphatic heterocycles. The van der Waals surface area contributed by atoms with Crippen LogP contribution in [-0.4, -0.2) is 12.8 Å². The molecular weight excluding hydrogens is 532 g/mol. The van der Waals surface area contributed by atoms with E-state index in [1.165, 1.54) is 25.5 Å². The predicted molar refractivity (Wildman–Crippen MR) is 112 cm³/mol. The number of allylic oxidation sites excluding steroid dienone is 1. The van der Waals surface area contributed by atoms with Gasteiger partial charge in [-0.05, 0) is 32.9 Å². The van der Waals surface area contributed by atoms with E-state index >= 15 is 0 Å². The van der Waals surface area contributed by atoms with Crippen LogP contribution in [0, 0.1) is 45.0 Å². The molecule has 0 saturated heterocycles. The molecule has 25 heavy (non-hydrogen) atoms. The molecule has 1 aromatic carbocycles. The Hall–Kier alpha value is -0.358. The Balaban J connectivity index is -0.0000000807. The normalized spacial score (nSPS) is 7.40. The third-order valence-electron chi connectivity index (χ3n) is 2.37. The van der Waals surface area contributed by atoms with Crippen LogP contribution in [0.15, 0.2) is 36.9 Å². The van der Waals surface area contributed by atoms with Crippen molar-refractivity contribution in [3.8, 4) is 0 Å². The summed E-state index contributed by atoms with van der Waals surface area (Å²) in [7, 11) is 1.50. The predicted octanol–water partition coefficient (Wildman–Crippen LogP) is 6.46. The number of rotatable bonds is 4. The molecule has 1 rings (SSSR count). The molecule has 0 bridgehead atoms. The maximum Gasteiger partial charge on any atom is 2.00 e. The molecule has 0 fully saturated rings. The minimum absolute atomic E-state index is 0. The van der Waals surface area contributed by atoms with E-state index in [-0.39, 0.29) is 36.9 Å². The number of ketones is 1. The Bertz CT molecular complexity index is 346. The summed E-state index contributed by atoms with van der Waals surface area (Å²) in [4.78, 5) is 10.8. The summed E-state index contributed by atoms with van der Waals surface area (Å²) < 4.78 is 0. The Morgan fingerprint density at radius 3 is 1.64 bits per heavy atom. The topological polar surface area (TPSA) is 43.1 Å². The second kappa shape index (κ2) is 34.9. The molecule has 0 aliphatic carbocycles. The first kappa shape index (κ1) is 35.7. The van der Waals surface area contributed by atoms with Gasteiger partial charge in [-0.1, -0.05) is 64.0 Å². The zero-order chi connectivity index (χ0) is 19.8. The fraction of sp³-hybridized carbons (Fsp3) is 0.500. The number of carbonyl (C=O) groups excluding carboxylic acids is 1. The van der Waals surface area contributed by atoms with Gasteiger partial charge in [0.25, 0.3) is 0 Å². The van der Waals surface area contributed by atoms with E-state index in [9.17, 15) is 4.79 Å². The second-order valence-corrected chi connectivity index (χ2v) is 4.72. The van der Waals surface area contributed by atoms with Crippen molar-refractivity contribution in [2.75, 3.05) is 7.05 Å². The molecule has 2 nitrogen and oxygen atoms in total. The van der Waals surface area contributed by atoms with E-state index in [1.54, 1.807) is 13.0 Å². The van der Waals surface area contributed by atoms with Gasteiger partial charge in [-0.15, -0.1) is 6.58 Å². The number of Topliss-reactive ketones (excluding diaryl/α,β-unsaturated/α-hetero) is 1. The Labute approximate surface area is 182 Å². The Morgan fingerprint density at radius 2 is 1.48 bits per heavy atom. The zero-order valence-electron chi connectivity index (χ0n) is 17.5. The van der Waals surface area contributed by atoms with Crippen molar-refractivity contribution < 1.29 is 35.9 Å². The van der Waals surface area contributed by atoms with Crippen LogP contribution >= 0.6 is 0 Å². The van der Waals surface area contributed by atoms with E-state index < -0.39 is 0 Å². The largest absolute Gasteiger partial charge is 2.00 e. The number of carbonyl (C=O) groups is 1. The summed E-state index contributed by atoms with van der Waals surface area (Å²) in [5, 5.41) is 0. The van der Waals surface area contributed by atoms with Crippen LogP contribution in [0.2, 0.25) is 0 Å². The van der Waals surface area contributed by atoms with Gasteiger partial charge in [0, 0.05) is 5.56 Å². The van der Waals surface area contributed by atoms with Gasteiger partial charge in [-0.2, -0.15) is 12.8 Å². The van der Waals surface area contributed by atoms with Crippen LogP contribution in [0.3, 0.4) is 0 Å². The van der Waals surface area contributed by atoms with Crippen LogP contribution < -0.4 is 5.73 Å². The van der Waals surface area contributed by atoms with Crippen LogP contribution in [0.5, 0.6) is 0 Å². The van der Waals surface area contributed by atoms with Gasteiger partial charge >= 0.3 is 31.1 Å². The summed E-state index contributed by atoms with van der Waals surface area (Å²) in [6.45, 7) is 20.3. The van der Waals surface area contributed by atoms with E-state index in [0.717, 1.165) is 24.8 Å². The molecule has 0 atom stereocenters. The van der Waals surface area contributed by atoms with Crippen molar-refractivity contribution in [3.05, 3.63) is 61.9 Å². The van der Waals surface area contributed by atoms with Crippen LogP contribution in [0.4, 0.5) is 0 Å². The fourth-order valence-electron chi connectivity index (χ4n) is 1.23. The molecule has 0 amide bonds. The Kier molecular flexibility index (Phi) is 49.8. The second-order valence-electron chi connectivity index (χ2n) is 4.72.